The molecule has 1 amide bonds. The molecule has 0 aliphatic rings. The van der Waals surface area contributed by atoms with E-state index in [4.69, 9.17) is 0 Å². The fourth-order valence-electron chi connectivity index (χ4n) is 2.12. The van der Waals surface area contributed by atoms with Gasteiger partial charge < -0.3 is 9.88 Å². The summed E-state index contributed by atoms with van der Waals surface area (Å²) in [6.45, 7) is 8.29. The van der Waals surface area contributed by atoms with Crippen molar-refractivity contribution >= 4 is 17.2 Å². The van der Waals surface area contributed by atoms with Gasteiger partial charge in [-0.15, -0.1) is 11.3 Å². The number of aromatic nitrogens is 1. The van der Waals surface area contributed by atoms with Crippen LogP contribution in [-0.4, -0.2) is 21.8 Å². The van der Waals surface area contributed by atoms with Gasteiger partial charge in [0, 0.05) is 21.5 Å². The van der Waals surface area contributed by atoms with Crippen LogP contribution in [0.1, 0.15) is 39.7 Å². The van der Waals surface area contributed by atoms with Crippen molar-refractivity contribution in [2.24, 2.45) is 0 Å². The Balaban J connectivity index is 2.29. The van der Waals surface area contributed by atoms with Crippen LogP contribution in [-0.2, 0) is 6.54 Å². The van der Waals surface area contributed by atoms with Crippen LogP contribution in [0.25, 0.3) is 0 Å². The van der Waals surface area contributed by atoms with E-state index < -0.39 is 0 Å². The number of hydrogen-bond donors (Lipinski definition) is 1. The van der Waals surface area contributed by atoms with Crippen LogP contribution in [0.5, 0.6) is 0 Å². The van der Waals surface area contributed by atoms with Crippen LogP contribution >= 0.6 is 11.3 Å². The largest absolute Gasteiger partial charge is 0.331 e. The van der Waals surface area contributed by atoms with Crippen molar-refractivity contribution in [3.8, 4) is 0 Å². The van der Waals surface area contributed by atoms with Gasteiger partial charge in [0.2, 0.25) is 0 Å². The predicted molar refractivity (Wildman–Crippen MR) is 85.9 cm³/mol. The molecule has 0 aliphatic carbocycles. The van der Waals surface area contributed by atoms with Gasteiger partial charge in [0.1, 0.15) is 5.56 Å². The Bertz CT molecular complexity index is 700. The summed E-state index contributed by atoms with van der Waals surface area (Å²) in [7, 11) is 0. The zero-order valence-corrected chi connectivity index (χ0v) is 13.6. The molecule has 0 unspecified atom stereocenters. The minimum atomic E-state index is -0.326. The normalized spacial score (nSPS) is 10.9. The molecule has 0 saturated carbocycles. The summed E-state index contributed by atoms with van der Waals surface area (Å²) in [4.78, 5) is 31.4. The van der Waals surface area contributed by atoms with E-state index in [0.29, 0.717) is 6.54 Å². The smallest absolute Gasteiger partial charge is 0.260 e. The SMILES string of the molecule is Cc1ccc(C(=O)N(Cc2ccc(C)s2)C(C)C)c(=O)[nH]1. The number of nitrogens with one attached hydrogen (secondary N) is 1. The second kappa shape index (κ2) is 6.26. The topological polar surface area (TPSA) is 53.2 Å². The van der Waals surface area contributed by atoms with E-state index in [9.17, 15) is 9.59 Å². The Hall–Kier alpha value is -1.88. The molecule has 4 nitrogen and oxygen atoms in total. The standard InChI is InChI=1S/C16H20N2O2S/c1-10(2)18(9-13-7-6-12(4)21-13)16(20)14-8-5-11(3)17-15(14)19/h5-8,10H,9H2,1-4H3,(H,17,19). The third kappa shape index (κ3) is 3.61. The van der Waals surface area contributed by atoms with Gasteiger partial charge in [-0.2, -0.15) is 0 Å². The van der Waals surface area contributed by atoms with Crippen LogP contribution in [0, 0.1) is 13.8 Å². The second-order valence-corrected chi connectivity index (χ2v) is 6.80. The molecule has 2 aromatic rings. The Morgan fingerprint density at radius 3 is 2.48 bits per heavy atom. The van der Waals surface area contributed by atoms with Crippen molar-refractivity contribution in [1.29, 1.82) is 0 Å². The van der Waals surface area contributed by atoms with Crippen LogP contribution in [0.4, 0.5) is 0 Å². The first-order chi connectivity index (χ1) is 9.88. The highest BCUT2D eigenvalue weighted by atomic mass is 32.1. The first-order valence-corrected chi connectivity index (χ1v) is 7.76. The number of carbonyl (C=O) groups excluding carboxylic acids is 1. The summed E-state index contributed by atoms with van der Waals surface area (Å²) >= 11 is 1.67. The van der Waals surface area contributed by atoms with Crippen molar-refractivity contribution in [1.82, 2.24) is 9.88 Å². The molecule has 0 saturated heterocycles. The maximum absolute atomic E-state index is 12.6. The molecule has 0 atom stereocenters. The van der Waals surface area contributed by atoms with Gasteiger partial charge in [-0.05, 0) is 52.0 Å². The van der Waals surface area contributed by atoms with Gasteiger partial charge >= 0.3 is 0 Å². The van der Waals surface area contributed by atoms with E-state index >= 15 is 0 Å². The molecular formula is C16H20N2O2S. The Labute approximate surface area is 128 Å². The minimum Gasteiger partial charge on any atom is -0.331 e. The number of amides is 1. The Kier molecular flexibility index (Phi) is 4.63. The maximum Gasteiger partial charge on any atom is 0.260 e. The fourth-order valence-corrected chi connectivity index (χ4v) is 3.01. The summed E-state index contributed by atoms with van der Waals surface area (Å²) in [5, 5.41) is 0. The van der Waals surface area contributed by atoms with E-state index in [0.717, 1.165) is 10.6 Å². The van der Waals surface area contributed by atoms with Gasteiger partial charge in [-0.1, -0.05) is 0 Å². The van der Waals surface area contributed by atoms with E-state index in [1.54, 1.807) is 35.3 Å². The highest BCUT2D eigenvalue weighted by molar-refractivity contribution is 7.11. The highest BCUT2D eigenvalue weighted by Crippen LogP contribution is 2.19. The monoisotopic (exact) mass is 304 g/mol. The maximum atomic E-state index is 12.6. The Morgan fingerprint density at radius 1 is 1.24 bits per heavy atom. The lowest BCUT2D eigenvalue weighted by atomic mass is 10.2. The van der Waals surface area contributed by atoms with E-state index in [1.165, 1.54) is 4.88 Å². The minimum absolute atomic E-state index is 0.0283. The summed E-state index contributed by atoms with van der Waals surface area (Å²) in [5.74, 6) is -0.225. The average Bonchev–Trinajstić information content (AvgIpc) is 2.80. The first-order valence-electron chi connectivity index (χ1n) is 6.94. The Morgan fingerprint density at radius 2 is 1.95 bits per heavy atom. The molecule has 112 valence electrons. The number of H-pyrrole nitrogens is 1. The van der Waals surface area contributed by atoms with Gasteiger partial charge in [-0.25, -0.2) is 0 Å². The molecule has 21 heavy (non-hydrogen) atoms. The summed E-state index contributed by atoms with van der Waals surface area (Å²) < 4.78 is 0. The molecule has 0 aromatic carbocycles. The first kappa shape index (κ1) is 15.5. The number of pyridine rings is 1. The zero-order chi connectivity index (χ0) is 15.6. The highest BCUT2D eigenvalue weighted by Gasteiger charge is 2.22. The lowest BCUT2D eigenvalue weighted by molar-refractivity contribution is 0.0690. The molecule has 0 spiro atoms. The lowest BCUT2D eigenvalue weighted by Crippen LogP contribution is -2.38. The molecule has 2 aromatic heterocycles. The zero-order valence-electron chi connectivity index (χ0n) is 12.8. The van der Waals surface area contributed by atoms with Crippen LogP contribution in [0.15, 0.2) is 29.1 Å². The predicted octanol–water partition coefficient (Wildman–Crippen LogP) is 3.10. The molecule has 0 aliphatic heterocycles. The molecule has 0 radical (unpaired) electrons. The number of carbonyl (C=O) groups is 1. The number of rotatable bonds is 4. The third-order valence-corrected chi connectivity index (χ3v) is 4.28. The van der Waals surface area contributed by atoms with Crippen LogP contribution in [0.3, 0.4) is 0 Å². The van der Waals surface area contributed by atoms with Gasteiger partial charge in [-0.3, -0.25) is 9.59 Å². The van der Waals surface area contributed by atoms with Crippen LogP contribution in [0.2, 0.25) is 0 Å². The number of hydrogen-bond acceptors (Lipinski definition) is 3. The molecule has 2 heterocycles. The fraction of sp³-hybridized carbons (Fsp3) is 0.375. The van der Waals surface area contributed by atoms with Crippen LogP contribution < -0.4 is 5.56 Å². The lowest BCUT2D eigenvalue weighted by Gasteiger charge is -2.26. The summed E-state index contributed by atoms with van der Waals surface area (Å²) in [6, 6.07) is 7.46. The average molecular weight is 304 g/mol. The van der Waals surface area contributed by atoms with Gasteiger partial charge in [0.05, 0.1) is 6.54 Å². The van der Waals surface area contributed by atoms with Gasteiger partial charge in [0.25, 0.3) is 11.5 Å². The van der Waals surface area contributed by atoms with Crippen molar-refractivity contribution < 1.29 is 4.79 Å². The quantitative estimate of drug-likeness (QED) is 0.943. The number of nitrogens with zero attached hydrogens (tertiary/aromatic N) is 1. The molecule has 0 fully saturated rings. The number of thiophene rings is 1. The van der Waals surface area contributed by atoms with E-state index in [-0.39, 0.29) is 23.1 Å². The van der Waals surface area contributed by atoms with Crippen molar-refractivity contribution in [3.05, 3.63) is 55.6 Å². The summed E-state index contributed by atoms with van der Waals surface area (Å²) in [6.07, 6.45) is 0. The second-order valence-electron chi connectivity index (χ2n) is 5.42. The number of aryl methyl sites for hydroxylation is 2. The number of aromatic amines is 1. The third-order valence-electron chi connectivity index (χ3n) is 3.29. The van der Waals surface area contributed by atoms with Gasteiger partial charge in [0.15, 0.2) is 0 Å². The molecule has 0 bridgehead atoms. The van der Waals surface area contributed by atoms with E-state index in [2.05, 4.69) is 4.98 Å². The van der Waals surface area contributed by atoms with E-state index in [1.807, 2.05) is 32.9 Å². The molecule has 2 rings (SSSR count). The van der Waals surface area contributed by atoms with Crippen molar-refractivity contribution in [2.75, 3.05) is 0 Å². The molecular weight excluding hydrogens is 284 g/mol. The van der Waals surface area contributed by atoms with Crippen molar-refractivity contribution in [3.63, 3.8) is 0 Å². The summed E-state index contributed by atoms with van der Waals surface area (Å²) in [5.41, 5.74) is 0.622. The molecule has 1 N–H and O–H groups in total. The van der Waals surface area contributed by atoms with Crippen molar-refractivity contribution in [2.45, 2.75) is 40.3 Å². The molecule has 5 heteroatoms.